The highest BCUT2D eigenvalue weighted by molar-refractivity contribution is 7.20. The Hall–Kier alpha value is -4.96. The number of thiophene rings is 2. The van der Waals surface area contributed by atoms with Gasteiger partial charge in [0, 0.05) is 137 Å². The van der Waals surface area contributed by atoms with E-state index < -0.39 is 0 Å². The second-order valence-electron chi connectivity index (χ2n) is 19.9. The molecule has 12 nitrogen and oxygen atoms in total. The van der Waals surface area contributed by atoms with Gasteiger partial charge in [-0.05, 0) is 104 Å². The Morgan fingerprint density at radius 2 is 1.18 bits per heavy atom. The number of halogens is 2. The Morgan fingerprint density at radius 3 is 1.75 bits per heavy atom. The van der Waals surface area contributed by atoms with Gasteiger partial charge in [0.2, 0.25) is 23.6 Å². The summed E-state index contributed by atoms with van der Waals surface area (Å²) in [5.41, 5.74) is 11.5. The number of pyridine rings is 2. The molecule has 6 aliphatic heterocycles. The largest absolute Gasteiger partial charge is 0.365 e. The van der Waals surface area contributed by atoms with E-state index in [9.17, 15) is 19.2 Å². The molecule has 2 aromatic carbocycles. The summed E-state index contributed by atoms with van der Waals surface area (Å²) < 4.78 is 2.11. The molecule has 68 heavy (non-hydrogen) atoms. The number of aryl methyl sites for hydroxylation is 1. The zero-order valence-electron chi connectivity index (χ0n) is 37.5. The van der Waals surface area contributed by atoms with Gasteiger partial charge in [-0.25, -0.2) is 0 Å². The van der Waals surface area contributed by atoms with Gasteiger partial charge in [0.05, 0.1) is 45.6 Å². The molecule has 1 atom stereocenters. The zero-order chi connectivity index (χ0) is 45.9. The van der Waals surface area contributed by atoms with Crippen LogP contribution in [0.3, 0.4) is 0 Å². The van der Waals surface area contributed by atoms with Gasteiger partial charge in [-0.15, -0.1) is 22.7 Å². The van der Waals surface area contributed by atoms with E-state index in [0.717, 1.165) is 121 Å². The first-order chi connectivity index (χ1) is 33.1. The molecular weight excluding hydrogens is 936 g/mol. The van der Waals surface area contributed by atoms with Crippen LogP contribution in [-0.4, -0.2) is 106 Å². The summed E-state index contributed by atoms with van der Waals surface area (Å²) in [6, 6.07) is 18.3. The Balaban J connectivity index is 0.744. The molecule has 1 N–H and O–H groups in total. The lowest BCUT2D eigenvalue weighted by Gasteiger charge is -2.56. The average Bonchev–Trinajstić information content (AvgIpc) is 4.06. The molecule has 4 saturated heterocycles. The summed E-state index contributed by atoms with van der Waals surface area (Å²) in [5, 5.41) is 5.00. The van der Waals surface area contributed by atoms with Gasteiger partial charge in [-0.1, -0.05) is 23.2 Å². The van der Waals surface area contributed by atoms with Crippen LogP contribution >= 0.6 is 45.9 Å². The summed E-state index contributed by atoms with van der Waals surface area (Å²) in [4.78, 5) is 72.2. The number of imide groups is 2. The number of rotatable bonds is 10. The molecular formula is C52H50Cl2N8O4S2. The number of aromatic nitrogens is 2. The lowest BCUT2D eigenvalue weighted by atomic mass is 9.66. The van der Waals surface area contributed by atoms with Gasteiger partial charge >= 0.3 is 0 Å². The number of hydrogen-bond donors (Lipinski definition) is 1. The van der Waals surface area contributed by atoms with E-state index in [2.05, 4.69) is 56.4 Å². The summed E-state index contributed by atoms with van der Waals surface area (Å²) in [5.74, 6) is 0.567. The van der Waals surface area contributed by atoms with Crippen molar-refractivity contribution in [2.45, 2.75) is 94.9 Å². The second kappa shape index (κ2) is 16.9. The van der Waals surface area contributed by atoms with Crippen molar-refractivity contribution in [3.63, 3.8) is 0 Å². The van der Waals surface area contributed by atoms with E-state index in [1.165, 1.54) is 45.1 Å². The van der Waals surface area contributed by atoms with E-state index in [1.807, 2.05) is 24.5 Å². The van der Waals surface area contributed by atoms with Gasteiger partial charge in [0.1, 0.15) is 0 Å². The third-order valence-electron chi connectivity index (χ3n) is 16.0. The predicted molar refractivity (Wildman–Crippen MR) is 269 cm³/mol. The SMILES string of the molecule is O=C1CCC(=O)N1Cc1cc2nccc(-c3cc(Cl)cc4c3N(C3CN(C5CC(C6CCN(C7CNC7)c7c(-c8ccnc9cc(CN%10C(=O)CCC%10=O)sc89)cc(Cl)cc76)C5)C3)CCC4)c2s1. The fraction of sp³-hybridized carbons (Fsp3) is 0.423. The van der Waals surface area contributed by atoms with E-state index in [4.69, 9.17) is 33.2 Å². The highest BCUT2D eigenvalue weighted by Gasteiger charge is 2.47. The van der Waals surface area contributed by atoms with Crippen LogP contribution in [0.1, 0.15) is 78.2 Å². The molecule has 4 aromatic heterocycles. The summed E-state index contributed by atoms with van der Waals surface area (Å²) >= 11 is 17.3. The fourth-order valence-electron chi connectivity index (χ4n) is 12.3. The van der Waals surface area contributed by atoms with Gasteiger partial charge in [-0.3, -0.25) is 43.8 Å². The zero-order valence-corrected chi connectivity index (χ0v) is 40.7. The van der Waals surface area contributed by atoms with Crippen molar-refractivity contribution < 1.29 is 19.2 Å². The van der Waals surface area contributed by atoms with Crippen LogP contribution in [0.2, 0.25) is 10.0 Å². The van der Waals surface area contributed by atoms with Crippen LogP contribution in [0.4, 0.5) is 11.4 Å². The summed E-state index contributed by atoms with van der Waals surface area (Å²) in [6.45, 7) is 6.57. The average molecular weight is 986 g/mol. The lowest BCUT2D eigenvalue weighted by molar-refractivity contribution is -0.140. The third-order valence-corrected chi connectivity index (χ3v) is 18.7. The van der Waals surface area contributed by atoms with Crippen LogP contribution in [0, 0.1) is 5.92 Å². The van der Waals surface area contributed by atoms with Crippen LogP contribution in [-0.2, 0) is 38.7 Å². The van der Waals surface area contributed by atoms with Crippen LogP contribution in [0.25, 0.3) is 42.7 Å². The Morgan fingerprint density at radius 1 is 0.618 bits per heavy atom. The number of nitrogens with zero attached hydrogens (tertiary/aromatic N) is 7. The minimum atomic E-state index is -0.105. The number of anilines is 2. The molecule has 1 aliphatic carbocycles. The van der Waals surface area contributed by atoms with Crippen molar-refractivity contribution in [3.8, 4) is 22.3 Å². The normalized spacial score (nSPS) is 23.5. The van der Waals surface area contributed by atoms with Crippen LogP contribution in [0.15, 0.2) is 60.9 Å². The smallest absolute Gasteiger partial charge is 0.230 e. The predicted octanol–water partition coefficient (Wildman–Crippen LogP) is 9.03. The minimum absolute atomic E-state index is 0.104. The van der Waals surface area contributed by atoms with Gasteiger partial charge in [0.15, 0.2) is 0 Å². The maximum Gasteiger partial charge on any atom is 0.230 e. The highest BCUT2D eigenvalue weighted by atomic mass is 35.5. The molecule has 6 aromatic rings. The number of carbonyl (C=O) groups is 4. The number of benzene rings is 2. The molecule has 0 radical (unpaired) electrons. The Labute approximate surface area is 412 Å². The quantitative estimate of drug-likeness (QED) is 0.133. The van der Waals surface area contributed by atoms with Crippen molar-refractivity contribution in [2.24, 2.45) is 5.92 Å². The molecule has 0 bridgehead atoms. The number of fused-ring (bicyclic) bond motifs is 4. The topological polar surface area (TPSA) is 122 Å². The van der Waals surface area contributed by atoms with Gasteiger partial charge in [0.25, 0.3) is 0 Å². The highest BCUT2D eigenvalue weighted by Crippen LogP contribution is 2.54. The first-order valence-electron chi connectivity index (χ1n) is 24.2. The van der Waals surface area contributed by atoms with Crippen molar-refractivity contribution >= 4 is 101 Å². The monoisotopic (exact) mass is 984 g/mol. The van der Waals surface area contributed by atoms with Crippen molar-refractivity contribution in [2.75, 3.05) is 49.1 Å². The molecule has 4 amide bonds. The maximum atomic E-state index is 12.5. The van der Waals surface area contributed by atoms with E-state index >= 15 is 0 Å². The van der Waals surface area contributed by atoms with Crippen molar-refractivity contribution in [1.29, 1.82) is 0 Å². The first-order valence-corrected chi connectivity index (χ1v) is 26.6. The molecule has 5 fully saturated rings. The first kappa shape index (κ1) is 43.1. The number of hydrogen-bond acceptors (Lipinski definition) is 12. The molecule has 10 heterocycles. The summed E-state index contributed by atoms with van der Waals surface area (Å²) in [6.07, 6.45) is 10.4. The molecule has 1 saturated carbocycles. The number of amides is 4. The minimum Gasteiger partial charge on any atom is -0.365 e. The summed E-state index contributed by atoms with van der Waals surface area (Å²) in [7, 11) is 0. The Kier molecular flexibility index (Phi) is 10.7. The molecule has 348 valence electrons. The van der Waals surface area contributed by atoms with E-state index in [1.54, 1.807) is 22.7 Å². The van der Waals surface area contributed by atoms with Gasteiger partial charge in [-0.2, -0.15) is 0 Å². The molecule has 13 rings (SSSR count). The number of nitrogens with one attached hydrogen (secondary N) is 1. The Bertz CT molecular complexity index is 3070. The molecule has 7 aliphatic rings. The van der Waals surface area contributed by atoms with Crippen molar-refractivity contribution in [1.82, 2.24) is 30.0 Å². The van der Waals surface area contributed by atoms with E-state index in [-0.39, 0.29) is 62.4 Å². The second-order valence-corrected chi connectivity index (χ2v) is 23.0. The van der Waals surface area contributed by atoms with Crippen molar-refractivity contribution in [3.05, 3.63) is 91.9 Å². The fourth-order valence-corrected chi connectivity index (χ4v) is 15.1. The number of likely N-dealkylation sites (tertiary alicyclic amines) is 3. The standard InChI is InChI=1S/C52H50Cl2N8O4S2/c53-30-14-28-2-1-12-59(49(28)41(17-30)38-7-10-56-43-20-35(67-51(38)43)26-61-45(63)3-4-46(61)64)34-24-58(25-34)32-15-29(16-32)37-9-13-60(33-22-55-23-33)50-40(37)18-31(54)19-42(50)39-8-11-57-44-21-36(68-52(39)44)27-62-47(65)5-6-48(62)66/h7-8,10-11,14,17-21,29,32-34,37,55H,1-6,9,12-13,15-16,22-27H2. The van der Waals surface area contributed by atoms with Crippen LogP contribution in [0.5, 0.6) is 0 Å². The van der Waals surface area contributed by atoms with Crippen LogP contribution < -0.4 is 15.1 Å². The van der Waals surface area contributed by atoms with E-state index in [0.29, 0.717) is 30.0 Å². The molecule has 1 unspecified atom stereocenters. The lowest BCUT2D eigenvalue weighted by Crippen LogP contribution is -2.65. The third kappa shape index (κ3) is 7.26. The molecule has 16 heteroatoms. The number of carbonyl (C=O) groups excluding carboxylic acids is 4. The maximum absolute atomic E-state index is 12.5. The molecule has 0 spiro atoms. The van der Waals surface area contributed by atoms with Gasteiger partial charge < -0.3 is 15.1 Å².